The van der Waals surface area contributed by atoms with Gasteiger partial charge < -0.3 is 4.90 Å². The lowest BCUT2D eigenvalue weighted by Gasteiger charge is -2.23. The van der Waals surface area contributed by atoms with Gasteiger partial charge in [0.1, 0.15) is 5.82 Å². The predicted molar refractivity (Wildman–Crippen MR) is 91.8 cm³/mol. The topological polar surface area (TPSA) is 63.9 Å². The van der Waals surface area contributed by atoms with Gasteiger partial charge in [0.05, 0.1) is 18.3 Å². The third-order valence-electron chi connectivity index (χ3n) is 4.38. The average Bonchev–Trinajstić information content (AvgIpc) is 3.52. The second-order valence-corrected chi connectivity index (χ2v) is 7.73. The Balaban J connectivity index is 1.43. The monoisotopic (exact) mass is 381 g/mol. The number of carbonyl (C=O) groups excluding carboxylic acids is 1. The summed E-state index contributed by atoms with van der Waals surface area (Å²) >= 11 is 7.44. The molecule has 0 bridgehead atoms. The van der Waals surface area contributed by atoms with Gasteiger partial charge in [0.15, 0.2) is 0 Å². The number of carbonyl (C=O) groups is 1. The Kier molecular flexibility index (Phi) is 4.64. The molecule has 0 atom stereocenters. The van der Waals surface area contributed by atoms with E-state index in [-0.39, 0.29) is 30.1 Å². The van der Waals surface area contributed by atoms with Crippen molar-refractivity contribution in [3.05, 3.63) is 34.6 Å². The van der Waals surface area contributed by atoms with Crippen LogP contribution in [0.1, 0.15) is 37.3 Å². The van der Waals surface area contributed by atoms with Crippen LogP contribution in [0.25, 0.3) is 0 Å². The van der Waals surface area contributed by atoms with E-state index >= 15 is 0 Å². The first-order valence-electron chi connectivity index (χ1n) is 8.26. The molecule has 6 nitrogen and oxygen atoms in total. The van der Waals surface area contributed by atoms with E-state index in [1.54, 1.807) is 21.7 Å². The van der Waals surface area contributed by atoms with Crippen molar-refractivity contribution in [2.24, 2.45) is 0 Å². The number of benzene rings is 1. The third kappa shape index (κ3) is 3.79. The van der Waals surface area contributed by atoms with Gasteiger partial charge in [-0.1, -0.05) is 29.4 Å². The largest absolute Gasteiger partial charge is 0.334 e. The Labute approximate surface area is 153 Å². The van der Waals surface area contributed by atoms with Crippen LogP contribution in [-0.4, -0.2) is 42.8 Å². The minimum Gasteiger partial charge on any atom is -0.334 e. The van der Waals surface area contributed by atoms with Crippen LogP contribution in [0.2, 0.25) is 5.02 Å². The van der Waals surface area contributed by atoms with Gasteiger partial charge in [0.2, 0.25) is 11.1 Å². The van der Waals surface area contributed by atoms with Crippen molar-refractivity contribution in [1.29, 1.82) is 0 Å². The fourth-order valence-electron chi connectivity index (χ4n) is 2.70. The first-order chi connectivity index (χ1) is 12.1. The first-order valence-corrected chi connectivity index (χ1v) is 9.63. The molecule has 0 unspecified atom stereocenters. The molecule has 0 spiro atoms. The van der Waals surface area contributed by atoms with Crippen LogP contribution in [0, 0.1) is 5.82 Å². The SMILES string of the molecule is O=C(CSc1nnnn1C1CC1)N(Cc1c(F)cccc1Cl)C1CC1. The molecule has 1 amide bonds. The molecule has 0 N–H and O–H groups in total. The van der Waals surface area contributed by atoms with Crippen molar-refractivity contribution in [1.82, 2.24) is 25.1 Å². The van der Waals surface area contributed by atoms with E-state index in [0.717, 1.165) is 25.7 Å². The number of aromatic nitrogens is 4. The molecular formula is C16H17ClFN5OS. The van der Waals surface area contributed by atoms with E-state index in [9.17, 15) is 9.18 Å². The van der Waals surface area contributed by atoms with Gasteiger partial charge in [-0.3, -0.25) is 4.79 Å². The highest BCUT2D eigenvalue weighted by molar-refractivity contribution is 7.99. The molecule has 4 rings (SSSR count). The molecule has 9 heteroatoms. The highest BCUT2D eigenvalue weighted by Crippen LogP contribution is 2.37. The lowest BCUT2D eigenvalue weighted by Crippen LogP contribution is -2.34. The van der Waals surface area contributed by atoms with E-state index in [0.29, 0.717) is 21.8 Å². The summed E-state index contributed by atoms with van der Waals surface area (Å²) in [6.07, 6.45) is 4.05. The normalized spacial score (nSPS) is 16.9. The summed E-state index contributed by atoms with van der Waals surface area (Å²) in [6.45, 7) is 0.198. The number of halogens is 2. The van der Waals surface area contributed by atoms with E-state index < -0.39 is 0 Å². The summed E-state index contributed by atoms with van der Waals surface area (Å²) in [6, 6.07) is 5.12. The highest BCUT2D eigenvalue weighted by atomic mass is 35.5. The van der Waals surface area contributed by atoms with Crippen LogP contribution in [0.5, 0.6) is 0 Å². The quantitative estimate of drug-likeness (QED) is 0.689. The van der Waals surface area contributed by atoms with Crippen LogP contribution in [0.15, 0.2) is 23.4 Å². The lowest BCUT2D eigenvalue weighted by atomic mass is 10.2. The van der Waals surface area contributed by atoms with E-state index in [1.165, 1.54) is 17.8 Å². The van der Waals surface area contributed by atoms with Gasteiger partial charge in [-0.25, -0.2) is 9.07 Å². The number of hydrogen-bond donors (Lipinski definition) is 0. The lowest BCUT2D eigenvalue weighted by molar-refractivity contribution is -0.129. The molecule has 0 saturated heterocycles. The Hall–Kier alpha value is -1.67. The molecule has 2 aromatic rings. The van der Waals surface area contributed by atoms with Gasteiger partial charge in [0, 0.05) is 16.6 Å². The zero-order valence-corrected chi connectivity index (χ0v) is 15.0. The summed E-state index contributed by atoms with van der Waals surface area (Å²) < 4.78 is 15.8. The van der Waals surface area contributed by atoms with Gasteiger partial charge in [0.25, 0.3) is 0 Å². The second kappa shape index (κ2) is 6.92. The number of rotatable bonds is 7. The molecule has 2 fully saturated rings. The van der Waals surface area contributed by atoms with E-state index in [2.05, 4.69) is 15.5 Å². The van der Waals surface area contributed by atoms with Crippen molar-refractivity contribution >= 4 is 29.3 Å². The summed E-state index contributed by atoms with van der Waals surface area (Å²) in [4.78, 5) is 14.4. The zero-order valence-electron chi connectivity index (χ0n) is 13.4. The predicted octanol–water partition coefficient (Wildman–Crippen LogP) is 3.08. The molecule has 132 valence electrons. The molecule has 0 aliphatic heterocycles. The van der Waals surface area contributed by atoms with Crippen LogP contribution in [0.4, 0.5) is 4.39 Å². The van der Waals surface area contributed by atoms with Crippen molar-refractivity contribution < 1.29 is 9.18 Å². The molecular weight excluding hydrogens is 365 g/mol. The molecule has 2 aliphatic carbocycles. The maximum absolute atomic E-state index is 14.1. The number of thioether (sulfide) groups is 1. The number of nitrogens with zero attached hydrogens (tertiary/aromatic N) is 5. The van der Waals surface area contributed by atoms with E-state index in [4.69, 9.17) is 11.6 Å². The minimum atomic E-state index is -0.378. The van der Waals surface area contributed by atoms with Gasteiger partial charge in [-0.05, 0) is 48.2 Å². The number of amides is 1. The minimum absolute atomic E-state index is 0.0443. The Morgan fingerprint density at radius 1 is 1.36 bits per heavy atom. The molecule has 2 aliphatic rings. The van der Waals surface area contributed by atoms with Gasteiger partial charge >= 0.3 is 0 Å². The number of hydrogen-bond acceptors (Lipinski definition) is 5. The summed E-state index contributed by atoms with van der Waals surface area (Å²) in [5.41, 5.74) is 0.372. The average molecular weight is 382 g/mol. The first kappa shape index (κ1) is 16.8. The fourth-order valence-corrected chi connectivity index (χ4v) is 3.75. The van der Waals surface area contributed by atoms with Crippen molar-refractivity contribution in [2.75, 3.05) is 5.75 Å². The van der Waals surface area contributed by atoms with Crippen LogP contribution < -0.4 is 0 Å². The highest BCUT2D eigenvalue weighted by Gasteiger charge is 2.34. The van der Waals surface area contributed by atoms with E-state index in [1.807, 2.05) is 0 Å². The molecule has 2 saturated carbocycles. The number of tetrazole rings is 1. The third-order valence-corrected chi connectivity index (χ3v) is 5.65. The maximum atomic E-state index is 14.1. The molecule has 25 heavy (non-hydrogen) atoms. The van der Waals surface area contributed by atoms with Crippen LogP contribution in [0.3, 0.4) is 0 Å². The Morgan fingerprint density at radius 3 is 2.84 bits per heavy atom. The van der Waals surface area contributed by atoms with Gasteiger partial charge in [-0.15, -0.1) is 5.10 Å². The van der Waals surface area contributed by atoms with Crippen LogP contribution >= 0.6 is 23.4 Å². The smallest absolute Gasteiger partial charge is 0.233 e. The standard InChI is InChI=1S/C16H17ClFN5OS/c17-13-2-1-3-14(18)12(13)8-22(10-4-5-10)15(24)9-25-16-19-20-21-23(16)11-6-7-11/h1-3,10-11H,4-9H2. The molecule has 1 heterocycles. The zero-order chi connectivity index (χ0) is 17.4. The summed E-state index contributed by atoms with van der Waals surface area (Å²) in [5, 5.41) is 12.7. The Bertz CT molecular complexity index is 772. The molecule has 1 aromatic heterocycles. The van der Waals surface area contributed by atoms with Crippen LogP contribution in [-0.2, 0) is 11.3 Å². The Morgan fingerprint density at radius 2 is 2.16 bits per heavy atom. The molecule has 0 radical (unpaired) electrons. The van der Waals surface area contributed by atoms with Gasteiger partial charge in [-0.2, -0.15) is 0 Å². The summed E-state index contributed by atoms with van der Waals surface area (Å²) in [5.74, 6) is -0.191. The molecule has 1 aromatic carbocycles. The maximum Gasteiger partial charge on any atom is 0.233 e. The second-order valence-electron chi connectivity index (χ2n) is 6.38. The summed E-state index contributed by atoms with van der Waals surface area (Å²) in [7, 11) is 0. The van der Waals surface area contributed by atoms with Crippen molar-refractivity contribution in [3.8, 4) is 0 Å². The fraction of sp³-hybridized carbons (Fsp3) is 0.500. The van der Waals surface area contributed by atoms with Crippen molar-refractivity contribution in [3.63, 3.8) is 0 Å². The van der Waals surface area contributed by atoms with Crippen molar-refractivity contribution in [2.45, 2.75) is 49.5 Å².